The number of amides is 1. The summed E-state index contributed by atoms with van der Waals surface area (Å²) in [6.07, 6.45) is 6.86. The van der Waals surface area contributed by atoms with Gasteiger partial charge >= 0.3 is 0 Å². The van der Waals surface area contributed by atoms with Crippen LogP contribution < -0.4 is 10.6 Å². The van der Waals surface area contributed by atoms with Crippen molar-refractivity contribution in [1.82, 2.24) is 25.6 Å². The lowest BCUT2D eigenvalue weighted by Crippen LogP contribution is -2.44. The van der Waals surface area contributed by atoms with Gasteiger partial charge in [-0.15, -0.1) is 5.10 Å². The summed E-state index contributed by atoms with van der Waals surface area (Å²) in [5.74, 6) is 1.12. The van der Waals surface area contributed by atoms with Gasteiger partial charge in [0.05, 0.1) is 11.7 Å². The van der Waals surface area contributed by atoms with Crippen molar-refractivity contribution in [3.8, 4) is 0 Å². The van der Waals surface area contributed by atoms with Crippen LogP contribution in [0.15, 0.2) is 0 Å². The molecule has 134 valence electrons. The molecule has 1 aliphatic heterocycles. The highest BCUT2D eigenvalue weighted by Gasteiger charge is 2.30. The van der Waals surface area contributed by atoms with Crippen LogP contribution in [0.2, 0.25) is 0 Å². The lowest BCUT2D eigenvalue weighted by Gasteiger charge is -2.34. The van der Waals surface area contributed by atoms with E-state index in [4.69, 9.17) is 0 Å². The fourth-order valence-corrected chi connectivity index (χ4v) is 4.32. The molecule has 2 fully saturated rings. The third kappa shape index (κ3) is 3.63. The number of rotatable bonds is 4. The number of aromatic nitrogens is 3. The van der Waals surface area contributed by atoms with Crippen LogP contribution in [0.3, 0.4) is 0 Å². The summed E-state index contributed by atoms with van der Waals surface area (Å²) >= 11 is 0. The number of nitrogens with zero attached hydrogens (tertiary/aromatic N) is 3. The molecule has 0 aromatic carbocycles. The molecule has 1 aromatic heterocycles. The zero-order valence-corrected chi connectivity index (χ0v) is 15.2. The zero-order valence-electron chi connectivity index (χ0n) is 15.2. The van der Waals surface area contributed by atoms with Crippen LogP contribution in [0.25, 0.3) is 0 Å². The van der Waals surface area contributed by atoms with Crippen molar-refractivity contribution in [2.45, 2.75) is 71.4 Å². The molecule has 0 unspecified atom stereocenters. The first-order valence-corrected chi connectivity index (χ1v) is 9.51. The van der Waals surface area contributed by atoms with Crippen LogP contribution in [0.5, 0.6) is 0 Å². The van der Waals surface area contributed by atoms with E-state index in [9.17, 15) is 4.79 Å². The highest BCUT2D eigenvalue weighted by atomic mass is 16.2. The molecule has 1 amide bonds. The van der Waals surface area contributed by atoms with Gasteiger partial charge in [-0.2, -0.15) is 0 Å². The third-order valence-electron chi connectivity index (χ3n) is 5.79. The first-order chi connectivity index (χ1) is 11.6. The Hall–Kier alpha value is -1.43. The average molecular weight is 333 g/mol. The highest BCUT2D eigenvalue weighted by molar-refractivity contribution is 5.93. The number of hydrogen-bond donors (Lipinski definition) is 2. The van der Waals surface area contributed by atoms with Crippen LogP contribution in [0, 0.1) is 18.8 Å². The standard InChI is InChI=1S/C18H31N5O/c1-12(2)15-6-4-5-7-16(15)20-18(24)17-13(3)23(22-21-17)14-8-10-19-11-9-14/h12,14-16,19H,4-11H2,1-3H3,(H,20,24)/t15-,16+/m1/s1. The Morgan fingerprint density at radius 3 is 2.62 bits per heavy atom. The summed E-state index contributed by atoms with van der Waals surface area (Å²) in [5.41, 5.74) is 1.40. The van der Waals surface area contributed by atoms with E-state index in [0.29, 0.717) is 23.6 Å². The van der Waals surface area contributed by atoms with Gasteiger partial charge in [-0.05, 0) is 57.5 Å². The van der Waals surface area contributed by atoms with Crippen LogP contribution >= 0.6 is 0 Å². The maximum atomic E-state index is 12.8. The molecule has 1 aromatic rings. The van der Waals surface area contributed by atoms with Gasteiger partial charge in [-0.1, -0.05) is 31.9 Å². The topological polar surface area (TPSA) is 71.8 Å². The van der Waals surface area contributed by atoms with Gasteiger partial charge in [0.15, 0.2) is 5.69 Å². The fourth-order valence-electron chi connectivity index (χ4n) is 4.32. The number of hydrogen-bond acceptors (Lipinski definition) is 4. The van der Waals surface area contributed by atoms with Crippen LogP contribution in [-0.4, -0.2) is 40.0 Å². The van der Waals surface area contributed by atoms with Gasteiger partial charge in [-0.3, -0.25) is 4.79 Å². The predicted octanol–water partition coefficient (Wildman–Crippen LogP) is 2.46. The van der Waals surface area contributed by atoms with E-state index in [1.165, 1.54) is 19.3 Å². The molecule has 1 aliphatic carbocycles. The first-order valence-electron chi connectivity index (χ1n) is 9.51. The van der Waals surface area contributed by atoms with Gasteiger partial charge in [0, 0.05) is 6.04 Å². The largest absolute Gasteiger partial charge is 0.348 e. The molecule has 6 nitrogen and oxygen atoms in total. The molecule has 6 heteroatoms. The summed E-state index contributed by atoms with van der Waals surface area (Å²) in [6, 6.07) is 0.632. The van der Waals surface area contributed by atoms with Crippen LogP contribution in [0.4, 0.5) is 0 Å². The van der Waals surface area contributed by atoms with E-state index < -0.39 is 0 Å². The molecule has 2 heterocycles. The minimum Gasteiger partial charge on any atom is -0.348 e. The molecule has 2 aliphatic rings. The molecule has 24 heavy (non-hydrogen) atoms. The Kier molecular flexibility index (Phi) is 5.54. The van der Waals surface area contributed by atoms with Gasteiger partial charge in [-0.25, -0.2) is 4.68 Å². The maximum Gasteiger partial charge on any atom is 0.273 e. The molecule has 0 bridgehead atoms. The van der Waals surface area contributed by atoms with Crippen molar-refractivity contribution in [1.29, 1.82) is 0 Å². The lowest BCUT2D eigenvalue weighted by molar-refractivity contribution is 0.0883. The Morgan fingerprint density at radius 2 is 1.92 bits per heavy atom. The Balaban J connectivity index is 1.69. The monoisotopic (exact) mass is 333 g/mol. The van der Waals surface area contributed by atoms with Crippen molar-refractivity contribution >= 4 is 5.91 Å². The number of carbonyl (C=O) groups is 1. The number of nitrogens with one attached hydrogen (secondary N) is 2. The van der Waals surface area contributed by atoms with Gasteiger partial charge < -0.3 is 10.6 Å². The van der Waals surface area contributed by atoms with Crippen molar-refractivity contribution < 1.29 is 4.79 Å². The minimum atomic E-state index is -0.0507. The van der Waals surface area contributed by atoms with E-state index in [2.05, 4.69) is 34.8 Å². The number of piperidine rings is 1. The Bertz CT molecular complexity index is 562. The molecule has 1 saturated carbocycles. The Morgan fingerprint density at radius 1 is 1.21 bits per heavy atom. The summed E-state index contributed by atoms with van der Waals surface area (Å²) in [7, 11) is 0. The van der Waals surface area contributed by atoms with Crippen LogP contribution in [-0.2, 0) is 0 Å². The third-order valence-corrected chi connectivity index (χ3v) is 5.79. The second-order valence-corrected chi connectivity index (χ2v) is 7.72. The Labute approximate surface area is 144 Å². The van der Waals surface area contributed by atoms with E-state index in [1.807, 2.05) is 11.6 Å². The van der Waals surface area contributed by atoms with E-state index in [1.54, 1.807) is 0 Å². The molecule has 1 saturated heterocycles. The van der Waals surface area contributed by atoms with E-state index in [0.717, 1.165) is 38.0 Å². The summed E-state index contributed by atoms with van der Waals surface area (Å²) in [4.78, 5) is 12.8. The lowest BCUT2D eigenvalue weighted by atomic mass is 9.78. The second kappa shape index (κ2) is 7.64. The summed E-state index contributed by atoms with van der Waals surface area (Å²) < 4.78 is 1.95. The second-order valence-electron chi connectivity index (χ2n) is 7.72. The fraction of sp³-hybridized carbons (Fsp3) is 0.833. The first kappa shape index (κ1) is 17.4. The minimum absolute atomic E-state index is 0.0507. The molecular formula is C18H31N5O. The molecular weight excluding hydrogens is 302 g/mol. The summed E-state index contributed by atoms with van der Waals surface area (Å²) in [5, 5.41) is 15.1. The van der Waals surface area contributed by atoms with E-state index >= 15 is 0 Å². The summed E-state index contributed by atoms with van der Waals surface area (Å²) in [6.45, 7) is 8.49. The maximum absolute atomic E-state index is 12.8. The van der Waals surface area contributed by atoms with Crippen molar-refractivity contribution in [2.75, 3.05) is 13.1 Å². The molecule has 3 rings (SSSR count). The zero-order chi connectivity index (χ0) is 17.1. The molecule has 0 spiro atoms. The molecule has 2 N–H and O–H groups in total. The molecule has 0 radical (unpaired) electrons. The van der Waals surface area contributed by atoms with Crippen LogP contribution in [0.1, 0.15) is 74.6 Å². The van der Waals surface area contributed by atoms with Gasteiger partial charge in [0.2, 0.25) is 0 Å². The van der Waals surface area contributed by atoms with E-state index in [-0.39, 0.29) is 11.9 Å². The smallest absolute Gasteiger partial charge is 0.273 e. The predicted molar refractivity (Wildman–Crippen MR) is 93.9 cm³/mol. The van der Waals surface area contributed by atoms with Crippen molar-refractivity contribution in [3.63, 3.8) is 0 Å². The van der Waals surface area contributed by atoms with Gasteiger partial charge in [0.1, 0.15) is 0 Å². The van der Waals surface area contributed by atoms with Gasteiger partial charge in [0.25, 0.3) is 5.91 Å². The van der Waals surface area contributed by atoms with Crippen molar-refractivity contribution in [2.24, 2.45) is 11.8 Å². The quantitative estimate of drug-likeness (QED) is 0.888. The highest BCUT2D eigenvalue weighted by Crippen LogP contribution is 2.30. The average Bonchev–Trinajstić information content (AvgIpc) is 2.97. The van der Waals surface area contributed by atoms with Crippen molar-refractivity contribution in [3.05, 3.63) is 11.4 Å². The number of carbonyl (C=O) groups excluding carboxylic acids is 1. The molecule has 2 atom stereocenters. The SMILES string of the molecule is Cc1c(C(=O)N[C@H]2CCCC[C@@H]2C(C)C)nnn1C1CCNCC1. The normalized spacial score (nSPS) is 25.8.